The number of hydrogen-bond acceptors (Lipinski definition) is 5. The van der Waals surface area contributed by atoms with Gasteiger partial charge in [0.1, 0.15) is 18.4 Å². The molecule has 2 aromatic rings. The molecule has 0 radical (unpaired) electrons. The van der Waals surface area contributed by atoms with E-state index >= 15 is 0 Å². The van der Waals surface area contributed by atoms with E-state index < -0.39 is 11.6 Å². The predicted octanol–water partition coefficient (Wildman–Crippen LogP) is 3.50. The quantitative estimate of drug-likeness (QED) is 0.732. The third-order valence-corrected chi connectivity index (χ3v) is 4.99. The maximum absolute atomic E-state index is 13.2. The second-order valence-electron chi connectivity index (χ2n) is 7.85. The normalized spacial score (nSPS) is 16.4. The van der Waals surface area contributed by atoms with Gasteiger partial charge in [0.15, 0.2) is 11.8 Å². The first-order valence-corrected chi connectivity index (χ1v) is 9.14. The monoisotopic (exact) mass is 408 g/mol. The van der Waals surface area contributed by atoms with Crippen LogP contribution in [0.2, 0.25) is 0 Å². The third kappa shape index (κ3) is 4.17. The molecule has 156 valence electrons. The second-order valence-corrected chi connectivity index (χ2v) is 7.85. The van der Waals surface area contributed by atoms with Gasteiger partial charge in [0, 0.05) is 6.54 Å². The minimum Gasteiger partial charge on any atom is -0.490 e. The lowest BCUT2D eigenvalue weighted by molar-refractivity contribution is -0.180. The number of alkyl halides is 3. The summed E-state index contributed by atoms with van der Waals surface area (Å²) in [5.41, 5.74) is -0.632. The highest BCUT2D eigenvalue weighted by molar-refractivity contribution is 5.34. The molecule has 1 atom stereocenters. The van der Waals surface area contributed by atoms with Crippen LogP contribution in [0.5, 0.6) is 11.8 Å². The molecule has 0 saturated carbocycles. The summed E-state index contributed by atoms with van der Waals surface area (Å²) in [6, 6.07) is 8.38. The molecule has 3 rings (SSSR count). The first kappa shape index (κ1) is 21.0. The van der Waals surface area contributed by atoms with Crippen molar-refractivity contribution in [3.8, 4) is 17.8 Å². The Hall–Kier alpha value is -2.73. The summed E-state index contributed by atoms with van der Waals surface area (Å²) >= 11 is 0. The van der Waals surface area contributed by atoms with E-state index in [9.17, 15) is 18.4 Å². The van der Waals surface area contributed by atoms with Crippen molar-refractivity contribution < 1.29 is 22.6 Å². The lowest BCUT2D eigenvalue weighted by Crippen LogP contribution is -2.36. The summed E-state index contributed by atoms with van der Waals surface area (Å²) in [6.45, 7) is 3.57. The summed E-state index contributed by atoms with van der Waals surface area (Å²) in [6.07, 6.45) is -4.63. The van der Waals surface area contributed by atoms with E-state index in [1.54, 1.807) is 0 Å². The van der Waals surface area contributed by atoms with E-state index in [0.717, 1.165) is 19.5 Å². The lowest BCUT2D eigenvalue weighted by Gasteiger charge is -2.28. The first-order valence-electron chi connectivity index (χ1n) is 9.14. The van der Waals surface area contributed by atoms with Crippen LogP contribution in [0.3, 0.4) is 0 Å². The number of hydrogen-bond donors (Lipinski definition) is 0. The number of nitriles is 1. The Kier molecular flexibility index (Phi) is 5.50. The molecule has 0 amide bonds. The van der Waals surface area contributed by atoms with Gasteiger partial charge in [-0.1, -0.05) is 12.1 Å². The van der Waals surface area contributed by atoms with E-state index in [2.05, 4.69) is 11.1 Å². The number of benzene rings is 1. The van der Waals surface area contributed by atoms with Gasteiger partial charge in [-0.3, -0.25) is 4.57 Å². The minimum atomic E-state index is -4.33. The van der Waals surface area contributed by atoms with Gasteiger partial charge in [-0.05, 0) is 45.6 Å². The molecule has 0 saturated heterocycles. The Bertz CT molecular complexity index is 912. The van der Waals surface area contributed by atoms with Gasteiger partial charge >= 0.3 is 6.18 Å². The highest BCUT2D eigenvalue weighted by Crippen LogP contribution is 2.40. The lowest BCUT2D eigenvalue weighted by atomic mass is 9.84. The number of aromatic nitrogens is 2. The molecule has 0 bridgehead atoms. The van der Waals surface area contributed by atoms with E-state index in [1.165, 1.54) is 24.3 Å². The summed E-state index contributed by atoms with van der Waals surface area (Å²) in [4.78, 5) is 6.16. The molecular weight excluding hydrogens is 385 g/mol. The van der Waals surface area contributed by atoms with Crippen molar-refractivity contribution in [2.45, 2.75) is 44.6 Å². The number of nitrogens with zero attached hydrogens (tertiary/aromatic N) is 4. The summed E-state index contributed by atoms with van der Waals surface area (Å²) in [5.74, 6) is 0.464. The van der Waals surface area contributed by atoms with Gasteiger partial charge in [-0.2, -0.15) is 23.4 Å². The van der Waals surface area contributed by atoms with Crippen LogP contribution in [0, 0.1) is 11.3 Å². The van der Waals surface area contributed by atoms with Crippen LogP contribution < -0.4 is 9.47 Å². The van der Waals surface area contributed by atoms with Crippen LogP contribution in [0.4, 0.5) is 13.2 Å². The highest BCUT2D eigenvalue weighted by Gasteiger charge is 2.48. The van der Waals surface area contributed by atoms with Crippen molar-refractivity contribution in [1.29, 1.82) is 5.26 Å². The molecule has 29 heavy (non-hydrogen) atoms. The minimum absolute atomic E-state index is 0.173. The molecule has 0 N–H and O–H groups in total. The van der Waals surface area contributed by atoms with E-state index in [1.807, 2.05) is 23.6 Å². The summed E-state index contributed by atoms with van der Waals surface area (Å²) in [5, 5.41) is 9.24. The molecule has 2 heterocycles. The van der Waals surface area contributed by atoms with Gasteiger partial charge in [0.05, 0.1) is 17.7 Å². The van der Waals surface area contributed by atoms with Crippen molar-refractivity contribution in [3.05, 3.63) is 41.2 Å². The third-order valence-electron chi connectivity index (χ3n) is 4.99. The molecule has 1 aromatic carbocycles. The van der Waals surface area contributed by atoms with Crippen molar-refractivity contribution in [2.24, 2.45) is 0 Å². The average molecular weight is 408 g/mol. The number of rotatable bonds is 6. The van der Waals surface area contributed by atoms with E-state index in [-0.39, 0.29) is 18.3 Å². The van der Waals surface area contributed by atoms with Gasteiger partial charge in [-0.25, -0.2) is 0 Å². The Labute approximate surface area is 167 Å². The SMILES string of the molecule is CN(C)Cc1c(C#N)nc2n1C[C@@H](COc1ccc(C(C)(C)C(F)(F)F)cc1)O2. The fraction of sp³-hybridized carbons (Fsp3) is 0.500. The molecule has 0 fully saturated rings. The Morgan fingerprint density at radius 1 is 1.28 bits per heavy atom. The van der Waals surface area contributed by atoms with Crippen LogP contribution in [0.25, 0.3) is 0 Å². The van der Waals surface area contributed by atoms with Crippen LogP contribution in [-0.4, -0.2) is 47.4 Å². The largest absolute Gasteiger partial charge is 0.490 e. The van der Waals surface area contributed by atoms with Gasteiger partial charge in [0.25, 0.3) is 6.01 Å². The zero-order chi connectivity index (χ0) is 21.4. The maximum atomic E-state index is 13.2. The van der Waals surface area contributed by atoms with E-state index in [4.69, 9.17) is 9.47 Å². The van der Waals surface area contributed by atoms with Crippen LogP contribution >= 0.6 is 0 Å². The number of fused-ring (bicyclic) bond motifs is 1. The Morgan fingerprint density at radius 2 is 1.93 bits per heavy atom. The molecule has 1 aliphatic heterocycles. The molecule has 6 nitrogen and oxygen atoms in total. The molecule has 1 aromatic heterocycles. The molecular formula is C20H23F3N4O2. The van der Waals surface area contributed by atoms with E-state index in [0.29, 0.717) is 30.5 Å². The van der Waals surface area contributed by atoms with Gasteiger partial charge < -0.3 is 14.4 Å². The van der Waals surface area contributed by atoms with Crippen molar-refractivity contribution in [3.63, 3.8) is 0 Å². The van der Waals surface area contributed by atoms with Gasteiger partial charge in [-0.15, -0.1) is 0 Å². The Balaban J connectivity index is 1.63. The topological polar surface area (TPSA) is 63.3 Å². The number of imidazole rings is 1. The average Bonchev–Trinajstić information content (AvgIpc) is 3.17. The summed E-state index contributed by atoms with van der Waals surface area (Å²) < 4.78 is 52.8. The summed E-state index contributed by atoms with van der Waals surface area (Å²) in [7, 11) is 3.81. The van der Waals surface area contributed by atoms with Gasteiger partial charge in [0.2, 0.25) is 0 Å². The Morgan fingerprint density at radius 3 is 2.48 bits per heavy atom. The predicted molar refractivity (Wildman–Crippen MR) is 99.8 cm³/mol. The van der Waals surface area contributed by atoms with Crippen molar-refractivity contribution in [1.82, 2.24) is 14.5 Å². The van der Waals surface area contributed by atoms with Crippen molar-refractivity contribution >= 4 is 0 Å². The number of halogens is 3. The fourth-order valence-corrected chi connectivity index (χ4v) is 3.09. The standard InChI is InChI=1S/C20H23F3N4O2/c1-19(2,20(21,22)23)13-5-7-14(8-6-13)28-12-15-10-27-17(11-26(3)4)16(9-24)25-18(27)29-15/h5-8,15H,10-12H2,1-4H3/t15-/m0/s1. The van der Waals surface area contributed by atoms with Crippen LogP contribution in [0.15, 0.2) is 24.3 Å². The molecule has 0 spiro atoms. The zero-order valence-electron chi connectivity index (χ0n) is 16.7. The maximum Gasteiger partial charge on any atom is 0.397 e. The zero-order valence-corrected chi connectivity index (χ0v) is 16.7. The van der Waals surface area contributed by atoms with Crippen LogP contribution in [-0.2, 0) is 18.5 Å². The van der Waals surface area contributed by atoms with Crippen molar-refractivity contribution in [2.75, 3.05) is 20.7 Å². The van der Waals surface area contributed by atoms with Crippen LogP contribution in [0.1, 0.15) is 30.8 Å². The molecule has 1 aliphatic rings. The first-order chi connectivity index (χ1) is 13.5. The molecule has 9 heteroatoms. The second kappa shape index (κ2) is 7.59. The molecule has 0 aliphatic carbocycles. The fourth-order valence-electron chi connectivity index (χ4n) is 3.09. The highest BCUT2D eigenvalue weighted by atomic mass is 19.4. The smallest absolute Gasteiger partial charge is 0.397 e. The number of ether oxygens (including phenoxy) is 2. The molecule has 0 unspecified atom stereocenters.